The number of carbonyl (C=O) groups excluding carboxylic acids is 1. The third-order valence-electron chi connectivity index (χ3n) is 5.62. The van der Waals surface area contributed by atoms with Crippen LogP contribution in [0.5, 0.6) is 5.75 Å². The first-order valence-electron chi connectivity index (χ1n) is 9.13. The number of amides is 1. The van der Waals surface area contributed by atoms with E-state index in [1.54, 1.807) is 24.3 Å². The quantitative estimate of drug-likeness (QED) is 0.893. The molecule has 0 aromatic heterocycles. The molecular weight excluding hydrogens is 348 g/mol. The molecule has 1 saturated carbocycles. The number of carbonyl (C=O) groups is 1. The summed E-state index contributed by atoms with van der Waals surface area (Å²) in [6, 6.07) is 17.0. The number of fused-ring (bicyclic) bond motifs is 1. The van der Waals surface area contributed by atoms with Gasteiger partial charge < -0.3 is 15.4 Å². The maximum atomic E-state index is 13.3. The van der Waals surface area contributed by atoms with Crippen LogP contribution in [0.2, 0.25) is 5.02 Å². The van der Waals surface area contributed by atoms with E-state index in [0.29, 0.717) is 22.6 Å². The normalized spacial score (nSPS) is 25.8. The van der Waals surface area contributed by atoms with E-state index in [0.717, 1.165) is 31.5 Å². The minimum atomic E-state index is -0.660. The van der Waals surface area contributed by atoms with Gasteiger partial charge in [0, 0.05) is 29.7 Å². The highest BCUT2D eigenvalue weighted by atomic mass is 35.5. The zero-order valence-electron chi connectivity index (χ0n) is 14.6. The van der Waals surface area contributed by atoms with Crippen LogP contribution in [0.3, 0.4) is 0 Å². The summed E-state index contributed by atoms with van der Waals surface area (Å²) in [5, 5.41) is 0.640. The topological polar surface area (TPSA) is 55.6 Å². The van der Waals surface area contributed by atoms with Gasteiger partial charge in [-0.25, -0.2) is 0 Å². The summed E-state index contributed by atoms with van der Waals surface area (Å²) < 4.78 is 6.10. The molecule has 0 spiro atoms. The van der Waals surface area contributed by atoms with Crippen molar-refractivity contribution in [2.24, 2.45) is 17.6 Å². The molecule has 1 saturated heterocycles. The first-order valence-corrected chi connectivity index (χ1v) is 9.51. The van der Waals surface area contributed by atoms with Crippen molar-refractivity contribution < 1.29 is 9.53 Å². The van der Waals surface area contributed by atoms with Gasteiger partial charge in [0.1, 0.15) is 5.75 Å². The van der Waals surface area contributed by atoms with Crippen molar-refractivity contribution in [1.82, 2.24) is 4.90 Å². The molecule has 4 nitrogen and oxygen atoms in total. The number of likely N-dealkylation sites (tertiary alicyclic amines) is 1. The number of nitrogens with two attached hydrogens (primary N) is 1. The summed E-state index contributed by atoms with van der Waals surface area (Å²) in [5.41, 5.74) is 7.08. The minimum absolute atomic E-state index is 0.00718. The van der Waals surface area contributed by atoms with Crippen LogP contribution >= 0.6 is 11.6 Å². The van der Waals surface area contributed by atoms with Gasteiger partial charge in [-0.2, -0.15) is 0 Å². The molecule has 4 rings (SSSR count). The Morgan fingerprint density at radius 1 is 1.08 bits per heavy atom. The van der Waals surface area contributed by atoms with Crippen molar-refractivity contribution >= 4 is 17.5 Å². The number of nitrogens with zero attached hydrogens (tertiary/aromatic N) is 1. The molecular formula is C21H23ClN2O2. The van der Waals surface area contributed by atoms with Crippen molar-refractivity contribution in [3.63, 3.8) is 0 Å². The maximum absolute atomic E-state index is 13.3. The van der Waals surface area contributed by atoms with Crippen molar-refractivity contribution in [2.75, 3.05) is 13.1 Å². The smallest absolute Gasteiger partial charge is 0.268 e. The minimum Gasteiger partial charge on any atom is -0.476 e. The van der Waals surface area contributed by atoms with Crippen molar-refractivity contribution in [1.29, 1.82) is 0 Å². The molecule has 1 amide bonds. The van der Waals surface area contributed by atoms with E-state index in [9.17, 15) is 4.79 Å². The molecule has 0 radical (unpaired) electrons. The van der Waals surface area contributed by atoms with Gasteiger partial charge in [-0.3, -0.25) is 4.79 Å². The van der Waals surface area contributed by atoms with Crippen LogP contribution in [0, 0.1) is 11.8 Å². The zero-order chi connectivity index (χ0) is 18.1. The SMILES string of the molecule is NC1CCC2CN(C(=O)C(Oc3ccc(Cl)cc3)c3ccccc3)CC12. The fourth-order valence-electron chi connectivity index (χ4n) is 4.19. The molecule has 5 heteroatoms. The fraction of sp³-hybridized carbons (Fsp3) is 0.381. The van der Waals surface area contributed by atoms with Crippen LogP contribution in [0.15, 0.2) is 54.6 Å². The number of hydrogen-bond acceptors (Lipinski definition) is 3. The van der Waals surface area contributed by atoms with Gasteiger partial charge in [0.15, 0.2) is 0 Å². The maximum Gasteiger partial charge on any atom is 0.268 e. The molecule has 1 aliphatic heterocycles. The Morgan fingerprint density at radius 2 is 1.81 bits per heavy atom. The Balaban J connectivity index is 1.56. The molecule has 2 fully saturated rings. The van der Waals surface area contributed by atoms with E-state index >= 15 is 0 Å². The van der Waals surface area contributed by atoms with Crippen molar-refractivity contribution in [3.05, 3.63) is 65.2 Å². The van der Waals surface area contributed by atoms with Crippen molar-refractivity contribution in [2.45, 2.75) is 25.0 Å². The number of halogens is 1. The lowest BCUT2D eigenvalue weighted by molar-refractivity contribution is -0.138. The number of hydrogen-bond donors (Lipinski definition) is 1. The van der Waals surface area contributed by atoms with E-state index in [2.05, 4.69) is 0 Å². The summed E-state index contributed by atoms with van der Waals surface area (Å²) in [6.45, 7) is 1.52. The molecule has 1 aliphatic carbocycles. The highest BCUT2D eigenvalue weighted by Crippen LogP contribution is 2.38. The first kappa shape index (κ1) is 17.4. The lowest BCUT2D eigenvalue weighted by atomic mass is 9.98. The van der Waals surface area contributed by atoms with E-state index < -0.39 is 6.10 Å². The van der Waals surface area contributed by atoms with Crippen molar-refractivity contribution in [3.8, 4) is 5.75 Å². The van der Waals surface area contributed by atoms with Gasteiger partial charge in [-0.1, -0.05) is 41.9 Å². The Labute approximate surface area is 158 Å². The molecule has 1 heterocycles. The molecule has 2 aromatic rings. The van der Waals surface area contributed by atoms with Gasteiger partial charge in [0.25, 0.3) is 5.91 Å². The third kappa shape index (κ3) is 3.44. The lowest BCUT2D eigenvalue weighted by Gasteiger charge is -2.25. The van der Waals surface area contributed by atoms with Crippen LogP contribution in [0.25, 0.3) is 0 Å². The Morgan fingerprint density at radius 3 is 2.50 bits per heavy atom. The predicted octanol–water partition coefficient (Wildman–Crippen LogP) is 3.66. The van der Waals surface area contributed by atoms with E-state index in [1.165, 1.54) is 0 Å². The molecule has 2 aromatic carbocycles. The second-order valence-electron chi connectivity index (χ2n) is 7.27. The number of benzene rings is 2. The molecule has 136 valence electrons. The standard InChI is InChI=1S/C21H23ClN2O2/c22-16-7-9-17(10-8-16)26-20(14-4-2-1-3-5-14)21(25)24-12-15-6-11-19(23)18(15)13-24/h1-5,7-10,15,18-20H,6,11-13,23H2. The number of rotatable bonds is 4. The van der Waals surface area contributed by atoms with Crippen LogP contribution in [0.1, 0.15) is 24.5 Å². The molecule has 2 aliphatic rings. The highest BCUT2D eigenvalue weighted by Gasteiger charge is 2.44. The van der Waals surface area contributed by atoms with E-state index in [-0.39, 0.29) is 11.9 Å². The molecule has 0 bridgehead atoms. The van der Waals surface area contributed by atoms with Crippen LogP contribution in [0.4, 0.5) is 0 Å². The van der Waals surface area contributed by atoms with Gasteiger partial charge in [0.2, 0.25) is 6.10 Å². The largest absolute Gasteiger partial charge is 0.476 e. The van der Waals surface area contributed by atoms with Gasteiger partial charge in [-0.05, 0) is 48.9 Å². The Bertz CT molecular complexity index is 765. The second-order valence-corrected chi connectivity index (χ2v) is 7.71. The van der Waals surface area contributed by atoms with Crippen LogP contribution in [-0.2, 0) is 4.79 Å². The van der Waals surface area contributed by atoms with Gasteiger partial charge in [0.05, 0.1) is 0 Å². The Kier molecular flexibility index (Phi) is 4.88. The van der Waals surface area contributed by atoms with E-state index in [1.807, 2.05) is 35.2 Å². The highest BCUT2D eigenvalue weighted by molar-refractivity contribution is 6.30. The zero-order valence-corrected chi connectivity index (χ0v) is 15.3. The third-order valence-corrected chi connectivity index (χ3v) is 5.87. The molecule has 4 unspecified atom stereocenters. The van der Waals surface area contributed by atoms with Crippen LogP contribution in [-0.4, -0.2) is 29.9 Å². The molecule has 2 N–H and O–H groups in total. The summed E-state index contributed by atoms with van der Waals surface area (Å²) >= 11 is 5.96. The first-order chi connectivity index (χ1) is 12.6. The molecule has 26 heavy (non-hydrogen) atoms. The average Bonchev–Trinajstić information content (AvgIpc) is 3.24. The van der Waals surface area contributed by atoms with Crippen LogP contribution < -0.4 is 10.5 Å². The summed E-state index contributed by atoms with van der Waals surface area (Å²) in [7, 11) is 0. The molecule has 4 atom stereocenters. The fourth-order valence-corrected chi connectivity index (χ4v) is 4.32. The second kappa shape index (κ2) is 7.29. The Hall–Kier alpha value is -2.04. The summed E-state index contributed by atoms with van der Waals surface area (Å²) in [5.74, 6) is 1.59. The summed E-state index contributed by atoms with van der Waals surface area (Å²) in [6.07, 6.45) is 1.53. The van der Waals surface area contributed by atoms with Gasteiger partial charge >= 0.3 is 0 Å². The number of ether oxygens (including phenoxy) is 1. The lowest BCUT2D eigenvalue weighted by Crippen LogP contribution is -2.38. The predicted molar refractivity (Wildman–Crippen MR) is 102 cm³/mol. The van der Waals surface area contributed by atoms with E-state index in [4.69, 9.17) is 22.1 Å². The monoisotopic (exact) mass is 370 g/mol. The average molecular weight is 371 g/mol. The van der Waals surface area contributed by atoms with Gasteiger partial charge in [-0.15, -0.1) is 0 Å². The summed E-state index contributed by atoms with van der Waals surface area (Å²) in [4.78, 5) is 15.2.